The summed E-state index contributed by atoms with van der Waals surface area (Å²) in [5.74, 6) is 2.48. The van der Waals surface area contributed by atoms with Crippen molar-refractivity contribution in [1.82, 2.24) is 9.97 Å². The second-order valence-electron chi connectivity index (χ2n) is 4.15. The smallest absolute Gasteiger partial charge is 0.136 e. The molecule has 0 unspecified atom stereocenters. The molecule has 2 aromatic rings. The average molecular weight is 242 g/mol. The zero-order valence-corrected chi connectivity index (χ0v) is 11.0. The molecule has 1 aromatic carbocycles. The van der Waals surface area contributed by atoms with E-state index < -0.39 is 0 Å². The van der Waals surface area contributed by atoms with Gasteiger partial charge < -0.3 is 10.6 Å². The molecule has 2 N–H and O–H groups in total. The van der Waals surface area contributed by atoms with Crippen molar-refractivity contribution in [3.63, 3.8) is 0 Å². The molecule has 0 bridgehead atoms. The normalized spacial score (nSPS) is 10.2. The van der Waals surface area contributed by atoms with Crippen molar-refractivity contribution in [2.75, 3.05) is 17.7 Å². The number of nitrogens with zero attached hydrogens (tertiary/aromatic N) is 2. The summed E-state index contributed by atoms with van der Waals surface area (Å²) >= 11 is 0. The summed E-state index contributed by atoms with van der Waals surface area (Å²) < 4.78 is 0. The van der Waals surface area contributed by atoms with Crippen LogP contribution in [0.4, 0.5) is 17.3 Å². The van der Waals surface area contributed by atoms with Gasteiger partial charge in [-0.2, -0.15) is 0 Å². The second kappa shape index (κ2) is 5.49. The van der Waals surface area contributed by atoms with Gasteiger partial charge in [0.15, 0.2) is 0 Å². The number of anilines is 3. The van der Waals surface area contributed by atoms with Crippen LogP contribution in [-0.2, 0) is 6.42 Å². The average Bonchev–Trinajstić information content (AvgIpc) is 2.38. The van der Waals surface area contributed by atoms with E-state index in [0.29, 0.717) is 0 Å². The van der Waals surface area contributed by atoms with Crippen LogP contribution in [0.2, 0.25) is 0 Å². The maximum Gasteiger partial charge on any atom is 0.136 e. The van der Waals surface area contributed by atoms with E-state index in [2.05, 4.69) is 39.7 Å². The summed E-state index contributed by atoms with van der Waals surface area (Å²) in [4.78, 5) is 8.83. The van der Waals surface area contributed by atoms with Crippen LogP contribution in [-0.4, -0.2) is 17.0 Å². The first-order valence-corrected chi connectivity index (χ1v) is 6.10. The third-order valence-electron chi connectivity index (χ3n) is 2.64. The number of hydrogen-bond acceptors (Lipinski definition) is 4. The van der Waals surface area contributed by atoms with Gasteiger partial charge >= 0.3 is 0 Å². The lowest BCUT2D eigenvalue weighted by Crippen LogP contribution is -2.03. The number of rotatable bonds is 4. The summed E-state index contributed by atoms with van der Waals surface area (Å²) in [6.07, 6.45) is 0.817. The molecule has 0 radical (unpaired) electrons. The summed E-state index contributed by atoms with van der Waals surface area (Å²) in [6, 6.07) is 10.1. The molecule has 0 fully saturated rings. The Bertz CT molecular complexity index is 515. The first kappa shape index (κ1) is 12.4. The van der Waals surface area contributed by atoms with Crippen LogP contribution in [0.25, 0.3) is 0 Å². The van der Waals surface area contributed by atoms with Gasteiger partial charge in [0.1, 0.15) is 17.5 Å². The van der Waals surface area contributed by atoms with Crippen LogP contribution in [0.3, 0.4) is 0 Å². The summed E-state index contributed by atoms with van der Waals surface area (Å²) in [5.41, 5.74) is 2.26. The predicted molar refractivity (Wildman–Crippen MR) is 75.4 cm³/mol. The molecule has 0 aliphatic carbocycles. The van der Waals surface area contributed by atoms with Gasteiger partial charge in [-0.15, -0.1) is 0 Å². The highest BCUT2D eigenvalue weighted by atomic mass is 15.1. The SMILES string of the molecule is CCc1nc(NC)cc(Nc2cccc(C)c2)n1. The Morgan fingerprint density at radius 3 is 2.56 bits per heavy atom. The Kier molecular flexibility index (Phi) is 3.77. The minimum absolute atomic E-state index is 0.816. The molecule has 0 aliphatic heterocycles. The van der Waals surface area contributed by atoms with E-state index in [0.717, 1.165) is 29.6 Å². The molecule has 4 nitrogen and oxygen atoms in total. The molecule has 0 amide bonds. The third kappa shape index (κ3) is 2.97. The first-order valence-electron chi connectivity index (χ1n) is 6.10. The molecule has 4 heteroatoms. The minimum atomic E-state index is 0.816. The molecular formula is C14H18N4. The topological polar surface area (TPSA) is 49.8 Å². The van der Waals surface area contributed by atoms with E-state index in [1.807, 2.05) is 32.2 Å². The number of hydrogen-bond donors (Lipinski definition) is 2. The molecule has 1 aromatic heterocycles. The maximum absolute atomic E-state index is 4.46. The number of aromatic nitrogens is 2. The van der Waals surface area contributed by atoms with Crippen LogP contribution in [0.5, 0.6) is 0 Å². The van der Waals surface area contributed by atoms with E-state index in [1.165, 1.54) is 5.56 Å². The number of benzene rings is 1. The third-order valence-corrected chi connectivity index (χ3v) is 2.64. The fourth-order valence-corrected chi connectivity index (χ4v) is 1.72. The highest BCUT2D eigenvalue weighted by molar-refractivity contribution is 5.59. The van der Waals surface area contributed by atoms with E-state index in [9.17, 15) is 0 Å². The summed E-state index contributed by atoms with van der Waals surface area (Å²) in [5, 5.41) is 6.35. The maximum atomic E-state index is 4.46. The van der Waals surface area contributed by atoms with Gasteiger partial charge in [-0.1, -0.05) is 19.1 Å². The summed E-state index contributed by atoms with van der Waals surface area (Å²) in [7, 11) is 1.86. The Morgan fingerprint density at radius 2 is 1.89 bits per heavy atom. The zero-order valence-electron chi connectivity index (χ0n) is 11.0. The fourth-order valence-electron chi connectivity index (χ4n) is 1.72. The predicted octanol–water partition coefficient (Wildman–Crippen LogP) is 3.13. The molecule has 2 rings (SSSR count). The van der Waals surface area contributed by atoms with E-state index >= 15 is 0 Å². The Labute approximate surface area is 107 Å². The molecule has 0 atom stereocenters. The van der Waals surface area contributed by atoms with Crippen LogP contribution in [0, 0.1) is 6.92 Å². The fraction of sp³-hybridized carbons (Fsp3) is 0.286. The quantitative estimate of drug-likeness (QED) is 0.864. The molecule has 94 valence electrons. The van der Waals surface area contributed by atoms with Crippen LogP contribution < -0.4 is 10.6 Å². The Balaban J connectivity index is 2.28. The van der Waals surface area contributed by atoms with Crippen molar-refractivity contribution >= 4 is 17.3 Å². The lowest BCUT2D eigenvalue weighted by Gasteiger charge is -2.09. The van der Waals surface area contributed by atoms with Gasteiger partial charge in [-0.25, -0.2) is 9.97 Å². The molecule has 1 heterocycles. The van der Waals surface area contributed by atoms with Crippen LogP contribution >= 0.6 is 0 Å². The van der Waals surface area contributed by atoms with Gasteiger partial charge in [0.2, 0.25) is 0 Å². The van der Waals surface area contributed by atoms with Crippen molar-refractivity contribution in [2.24, 2.45) is 0 Å². The summed E-state index contributed by atoms with van der Waals surface area (Å²) in [6.45, 7) is 4.12. The van der Waals surface area contributed by atoms with Gasteiger partial charge in [-0.05, 0) is 24.6 Å². The minimum Gasteiger partial charge on any atom is -0.373 e. The van der Waals surface area contributed by atoms with E-state index in [4.69, 9.17) is 0 Å². The molecule has 0 aliphatic rings. The van der Waals surface area contributed by atoms with E-state index in [1.54, 1.807) is 0 Å². The van der Waals surface area contributed by atoms with Crippen LogP contribution in [0.1, 0.15) is 18.3 Å². The molecule has 0 spiro atoms. The lowest BCUT2D eigenvalue weighted by molar-refractivity contribution is 0.944. The van der Waals surface area contributed by atoms with Crippen molar-refractivity contribution in [2.45, 2.75) is 20.3 Å². The molecular weight excluding hydrogens is 224 g/mol. The highest BCUT2D eigenvalue weighted by Crippen LogP contribution is 2.18. The monoisotopic (exact) mass is 242 g/mol. The lowest BCUT2D eigenvalue weighted by atomic mass is 10.2. The van der Waals surface area contributed by atoms with Crippen LogP contribution in [0.15, 0.2) is 30.3 Å². The van der Waals surface area contributed by atoms with Gasteiger partial charge in [0, 0.05) is 25.2 Å². The van der Waals surface area contributed by atoms with Gasteiger partial charge in [0.25, 0.3) is 0 Å². The van der Waals surface area contributed by atoms with Crippen molar-refractivity contribution < 1.29 is 0 Å². The standard InChI is InChI=1S/C14H18N4/c1-4-12-17-13(15-3)9-14(18-12)16-11-7-5-6-10(2)8-11/h5-9H,4H2,1-3H3,(H2,15,16,17,18). The number of aryl methyl sites for hydroxylation is 2. The zero-order chi connectivity index (χ0) is 13.0. The van der Waals surface area contributed by atoms with Gasteiger partial charge in [0.05, 0.1) is 0 Å². The van der Waals surface area contributed by atoms with Gasteiger partial charge in [-0.3, -0.25) is 0 Å². The Morgan fingerprint density at radius 1 is 1.11 bits per heavy atom. The van der Waals surface area contributed by atoms with Crippen molar-refractivity contribution in [3.05, 3.63) is 41.7 Å². The second-order valence-corrected chi connectivity index (χ2v) is 4.15. The number of nitrogens with one attached hydrogen (secondary N) is 2. The first-order chi connectivity index (χ1) is 8.71. The van der Waals surface area contributed by atoms with E-state index in [-0.39, 0.29) is 0 Å². The van der Waals surface area contributed by atoms with Crippen molar-refractivity contribution in [1.29, 1.82) is 0 Å². The largest absolute Gasteiger partial charge is 0.373 e. The highest BCUT2D eigenvalue weighted by Gasteiger charge is 2.02. The molecule has 0 saturated carbocycles. The molecule has 0 saturated heterocycles. The van der Waals surface area contributed by atoms with Crippen molar-refractivity contribution in [3.8, 4) is 0 Å². The molecule has 18 heavy (non-hydrogen) atoms. The Hall–Kier alpha value is -2.10.